The average Bonchev–Trinajstić information content (AvgIpc) is 3.40. The zero-order valence-electron chi connectivity index (χ0n) is 20.5. The highest BCUT2D eigenvalue weighted by molar-refractivity contribution is 5.77. The largest absolute Gasteiger partial charge is 0.415 e. The minimum absolute atomic E-state index is 0.0327. The van der Waals surface area contributed by atoms with Gasteiger partial charge in [0.25, 0.3) is 11.4 Å². The van der Waals surface area contributed by atoms with E-state index in [1.807, 2.05) is 12.1 Å². The van der Waals surface area contributed by atoms with Gasteiger partial charge in [0.1, 0.15) is 0 Å². The fraction of sp³-hybridized carbons (Fsp3) is 0.423. The van der Waals surface area contributed by atoms with Crippen LogP contribution in [0, 0.1) is 5.92 Å². The van der Waals surface area contributed by atoms with Gasteiger partial charge in [0.15, 0.2) is 0 Å². The first-order chi connectivity index (χ1) is 18.5. The van der Waals surface area contributed by atoms with E-state index in [-0.39, 0.29) is 23.7 Å². The Morgan fingerprint density at radius 3 is 2.45 bits per heavy atom. The SMILES string of the molecule is O=c1c2ccccc2n(CC2CCN(C3COC3)CC2)c(=O)n1Cc1ccc(-c2nnc(C(F)F)o2)cn1. The molecule has 0 radical (unpaired) electrons. The smallest absolute Gasteiger partial charge is 0.331 e. The quantitative estimate of drug-likeness (QED) is 0.363. The molecule has 2 fully saturated rings. The zero-order chi connectivity index (χ0) is 26.2. The third-order valence-corrected chi connectivity index (χ3v) is 7.38. The predicted molar refractivity (Wildman–Crippen MR) is 133 cm³/mol. The van der Waals surface area contributed by atoms with E-state index < -0.39 is 12.3 Å². The molecule has 2 saturated heterocycles. The van der Waals surface area contributed by atoms with E-state index >= 15 is 0 Å². The first kappa shape index (κ1) is 24.6. The van der Waals surface area contributed by atoms with Crippen molar-refractivity contribution in [2.45, 2.75) is 38.4 Å². The molecule has 0 saturated carbocycles. The summed E-state index contributed by atoms with van der Waals surface area (Å²) >= 11 is 0. The number of ether oxygens (including phenoxy) is 1. The summed E-state index contributed by atoms with van der Waals surface area (Å²) < 4.78 is 38.7. The molecule has 2 aliphatic rings. The monoisotopic (exact) mass is 524 g/mol. The molecule has 1 aromatic carbocycles. The Labute approximate surface area is 215 Å². The number of hydrogen-bond acceptors (Lipinski definition) is 8. The standard InChI is InChI=1S/C26H26F2N6O4/c27-22(28)24-31-30-23(38-24)17-5-6-18(29-11-17)13-34-25(35)20-3-1-2-4-21(20)33(26(34)36)12-16-7-9-32(10-8-16)19-14-37-15-19/h1-6,11,16,19,22H,7-10,12-15H2. The van der Waals surface area contributed by atoms with Crippen molar-refractivity contribution in [3.63, 3.8) is 0 Å². The molecule has 4 aromatic rings. The van der Waals surface area contributed by atoms with Gasteiger partial charge in [-0.2, -0.15) is 8.78 Å². The molecule has 5 heterocycles. The van der Waals surface area contributed by atoms with E-state index in [4.69, 9.17) is 9.15 Å². The van der Waals surface area contributed by atoms with Gasteiger partial charge in [-0.05, 0) is 56.1 Å². The molecule has 6 rings (SSSR count). The summed E-state index contributed by atoms with van der Waals surface area (Å²) in [7, 11) is 0. The number of aromatic nitrogens is 5. The highest BCUT2D eigenvalue weighted by atomic mass is 19.3. The van der Waals surface area contributed by atoms with Crippen LogP contribution in [-0.2, 0) is 17.8 Å². The van der Waals surface area contributed by atoms with E-state index in [2.05, 4.69) is 20.1 Å². The second-order valence-electron chi connectivity index (χ2n) is 9.76. The summed E-state index contributed by atoms with van der Waals surface area (Å²) in [6, 6.07) is 10.9. The zero-order valence-corrected chi connectivity index (χ0v) is 20.5. The van der Waals surface area contributed by atoms with E-state index in [9.17, 15) is 18.4 Å². The molecule has 0 bridgehead atoms. The fourth-order valence-corrected chi connectivity index (χ4v) is 5.13. The lowest BCUT2D eigenvalue weighted by Crippen LogP contribution is -2.52. The van der Waals surface area contributed by atoms with Crippen LogP contribution in [0.3, 0.4) is 0 Å². The Morgan fingerprint density at radius 1 is 1.00 bits per heavy atom. The van der Waals surface area contributed by atoms with Gasteiger partial charge in [-0.1, -0.05) is 12.1 Å². The number of pyridine rings is 1. The summed E-state index contributed by atoms with van der Waals surface area (Å²) in [4.78, 5) is 33.7. The van der Waals surface area contributed by atoms with Gasteiger partial charge in [0.05, 0.1) is 48.0 Å². The van der Waals surface area contributed by atoms with E-state index in [0.717, 1.165) is 39.1 Å². The van der Waals surface area contributed by atoms with Gasteiger partial charge in [0, 0.05) is 12.7 Å². The molecule has 2 aliphatic heterocycles. The van der Waals surface area contributed by atoms with Gasteiger partial charge >= 0.3 is 12.1 Å². The Hall–Kier alpha value is -3.77. The van der Waals surface area contributed by atoms with Gasteiger partial charge in [-0.3, -0.25) is 23.8 Å². The van der Waals surface area contributed by atoms with Crippen molar-refractivity contribution in [3.05, 3.63) is 75.0 Å². The minimum Gasteiger partial charge on any atom is -0.415 e. The van der Waals surface area contributed by atoms with Gasteiger partial charge in [-0.25, -0.2) is 4.79 Å². The molecular formula is C26H26F2N6O4. The topological polar surface area (TPSA) is 108 Å². The van der Waals surface area contributed by atoms with Crippen LogP contribution in [0.15, 0.2) is 56.6 Å². The number of benzene rings is 1. The van der Waals surface area contributed by atoms with Crippen molar-refractivity contribution < 1.29 is 17.9 Å². The second kappa shape index (κ2) is 10.2. The van der Waals surface area contributed by atoms with Crippen LogP contribution < -0.4 is 11.2 Å². The molecule has 0 amide bonds. The summed E-state index contributed by atoms with van der Waals surface area (Å²) in [6.07, 6.45) is 0.476. The van der Waals surface area contributed by atoms with Gasteiger partial charge < -0.3 is 9.15 Å². The number of hydrogen-bond donors (Lipinski definition) is 0. The first-order valence-corrected chi connectivity index (χ1v) is 12.6. The van der Waals surface area contributed by atoms with Crippen LogP contribution in [0.4, 0.5) is 8.78 Å². The molecule has 0 spiro atoms. The molecule has 38 heavy (non-hydrogen) atoms. The summed E-state index contributed by atoms with van der Waals surface area (Å²) in [5.74, 6) is -0.528. The number of nitrogens with zero attached hydrogens (tertiary/aromatic N) is 6. The van der Waals surface area contributed by atoms with E-state index in [1.54, 1.807) is 28.8 Å². The maximum atomic E-state index is 13.6. The number of rotatable bonds is 7. The van der Waals surface area contributed by atoms with Crippen molar-refractivity contribution in [2.75, 3.05) is 26.3 Å². The molecule has 0 N–H and O–H groups in total. The first-order valence-electron chi connectivity index (χ1n) is 12.6. The number of fused-ring (bicyclic) bond motifs is 1. The van der Waals surface area contributed by atoms with Crippen LogP contribution >= 0.6 is 0 Å². The second-order valence-corrected chi connectivity index (χ2v) is 9.76. The van der Waals surface area contributed by atoms with E-state index in [0.29, 0.717) is 40.7 Å². The lowest BCUT2D eigenvalue weighted by Gasteiger charge is -2.41. The molecule has 0 aliphatic carbocycles. The van der Waals surface area contributed by atoms with Crippen molar-refractivity contribution in [1.82, 2.24) is 29.2 Å². The predicted octanol–water partition coefficient (Wildman–Crippen LogP) is 2.70. The maximum Gasteiger partial charge on any atom is 0.331 e. The van der Waals surface area contributed by atoms with Crippen LogP contribution in [0.5, 0.6) is 0 Å². The number of piperidine rings is 1. The van der Waals surface area contributed by atoms with Crippen LogP contribution in [0.1, 0.15) is 30.9 Å². The Morgan fingerprint density at radius 2 is 1.79 bits per heavy atom. The van der Waals surface area contributed by atoms with Crippen molar-refractivity contribution >= 4 is 10.9 Å². The molecule has 10 nitrogen and oxygen atoms in total. The minimum atomic E-state index is -2.87. The third-order valence-electron chi connectivity index (χ3n) is 7.38. The molecular weight excluding hydrogens is 498 g/mol. The number of alkyl halides is 2. The maximum absolute atomic E-state index is 13.6. The Balaban J connectivity index is 1.26. The molecule has 0 atom stereocenters. The van der Waals surface area contributed by atoms with Crippen LogP contribution in [0.25, 0.3) is 22.4 Å². The van der Waals surface area contributed by atoms with Gasteiger partial charge in [0.2, 0.25) is 5.89 Å². The third kappa shape index (κ3) is 4.65. The number of likely N-dealkylation sites (tertiary alicyclic amines) is 1. The molecule has 0 unspecified atom stereocenters. The Kier molecular flexibility index (Phi) is 6.58. The molecule has 198 valence electrons. The van der Waals surface area contributed by atoms with Crippen molar-refractivity contribution in [2.24, 2.45) is 5.92 Å². The summed E-state index contributed by atoms with van der Waals surface area (Å²) in [5.41, 5.74) is 0.678. The van der Waals surface area contributed by atoms with Crippen molar-refractivity contribution in [1.29, 1.82) is 0 Å². The molecule has 3 aromatic heterocycles. The normalized spacial score (nSPS) is 17.3. The Bertz CT molecular complexity index is 1550. The van der Waals surface area contributed by atoms with Crippen LogP contribution in [-0.4, -0.2) is 61.6 Å². The van der Waals surface area contributed by atoms with E-state index in [1.165, 1.54) is 10.8 Å². The lowest BCUT2D eigenvalue weighted by atomic mass is 9.95. The fourth-order valence-electron chi connectivity index (χ4n) is 5.13. The number of para-hydroxylation sites is 1. The number of halogens is 2. The average molecular weight is 525 g/mol. The van der Waals surface area contributed by atoms with Gasteiger partial charge in [-0.15, -0.1) is 10.2 Å². The highest BCUT2D eigenvalue weighted by Crippen LogP contribution is 2.24. The lowest BCUT2D eigenvalue weighted by molar-refractivity contribution is -0.0742. The molecule has 12 heteroatoms. The van der Waals surface area contributed by atoms with Crippen LogP contribution in [0.2, 0.25) is 0 Å². The summed E-state index contributed by atoms with van der Waals surface area (Å²) in [5, 5.41) is 7.41. The summed E-state index contributed by atoms with van der Waals surface area (Å²) in [6.45, 7) is 4.03. The highest BCUT2D eigenvalue weighted by Gasteiger charge is 2.30. The van der Waals surface area contributed by atoms with Crippen molar-refractivity contribution in [3.8, 4) is 11.5 Å².